The molecule has 5 N–H and O–H groups in total. The summed E-state index contributed by atoms with van der Waals surface area (Å²) < 4.78 is 39.4. The first-order chi connectivity index (χ1) is 26.2. The molecule has 4 saturated heterocycles. The number of hydrogen-bond donors (Lipinski definition) is 4. The molecule has 2 spiro atoms. The highest BCUT2D eigenvalue weighted by Gasteiger charge is 2.64. The van der Waals surface area contributed by atoms with Gasteiger partial charge < -0.3 is 49.5 Å². The van der Waals surface area contributed by atoms with Crippen LogP contribution < -0.4 is 5.73 Å². The number of nitrogens with two attached hydrogens (primary N) is 1. The van der Waals surface area contributed by atoms with Gasteiger partial charge in [-0.1, -0.05) is 55.4 Å². The fourth-order valence-electron chi connectivity index (χ4n) is 10.7. The lowest BCUT2D eigenvalue weighted by Gasteiger charge is -2.54. The Morgan fingerprint density at radius 2 is 1.59 bits per heavy atom. The van der Waals surface area contributed by atoms with E-state index in [4.69, 9.17) is 34.2 Å². The standard InChI is InChI=1S/C43H71NO12/c1-11-29(38(47)48)31-15-14-23(4)36(52-31)27(8)34(45)26(7)35(46)30(12-2)37-24(5)22-25(6)42(54-37)19-17-33(53-39(44)49)43(56-42)21-20-40(10,55-43)32-16-18-41(50,13-3)28(9)51-32/h17,19,23-34,36-37,45,50H,11-16,18,20-22H2,1-10H3,(H2,44,49)(H,47,48)/t23?,24-,25+,26-,27-,28-,29+,30-,31+,32+,33+,34+,36+,37-,40-,41+,42-,43-/m0/s1. The Morgan fingerprint density at radius 1 is 0.911 bits per heavy atom. The van der Waals surface area contributed by atoms with Crippen LogP contribution in [-0.4, -0.2) is 98.7 Å². The van der Waals surface area contributed by atoms with Crippen LogP contribution in [0, 0.1) is 41.4 Å². The molecule has 18 atom stereocenters. The highest BCUT2D eigenvalue weighted by atomic mass is 16.8. The number of aliphatic hydroxyl groups excluding tert-OH is 1. The summed E-state index contributed by atoms with van der Waals surface area (Å²) in [7, 11) is 0. The summed E-state index contributed by atoms with van der Waals surface area (Å²) in [5.74, 6) is -6.27. The van der Waals surface area contributed by atoms with Crippen LogP contribution in [0.5, 0.6) is 0 Å². The number of amides is 1. The van der Waals surface area contributed by atoms with Gasteiger partial charge in [0.25, 0.3) is 0 Å². The molecule has 0 aromatic carbocycles. The summed E-state index contributed by atoms with van der Waals surface area (Å²) in [4.78, 5) is 38.7. The van der Waals surface area contributed by atoms with E-state index in [2.05, 4.69) is 13.8 Å². The molecule has 56 heavy (non-hydrogen) atoms. The van der Waals surface area contributed by atoms with Gasteiger partial charge in [-0.05, 0) is 95.6 Å². The highest BCUT2D eigenvalue weighted by molar-refractivity contribution is 5.84. The quantitative estimate of drug-likeness (QED) is 0.153. The third kappa shape index (κ3) is 8.47. The minimum Gasteiger partial charge on any atom is -0.481 e. The van der Waals surface area contributed by atoms with Crippen LogP contribution in [0.15, 0.2) is 12.2 Å². The van der Waals surface area contributed by atoms with Crippen LogP contribution in [0.1, 0.15) is 133 Å². The molecule has 0 radical (unpaired) electrons. The Hall–Kier alpha value is -2.13. The molecule has 0 aliphatic carbocycles. The lowest BCUT2D eigenvalue weighted by molar-refractivity contribution is -0.408. The summed E-state index contributed by atoms with van der Waals surface area (Å²) in [6.07, 6.45) is 3.95. The van der Waals surface area contributed by atoms with Gasteiger partial charge >= 0.3 is 12.1 Å². The first-order valence-corrected chi connectivity index (χ1v) is 21.4. The molecule has 0 saturated carbocycles. The van der Waals surface area contributed by atoms with Crippen LogP contribution in [0.3, 0.4) is 0 Å². The van der Waals surface area contributed by atoms with E-state index in [1.54, 1.807) is 19.1 Å². The van der Waals surface area contributed by atoms with Crippen molar-refractivity contribution in [2.24, 2.45) is 47.2 Å². The number of carbonyl (C=O) groups is 3. The molecule has 0 aromatic rings. The predicted octanol–water partition coefficient (Wildman–Crippen LogP) is 6.29. The molecule has 0 bridgehead atoms. The lowest BCUT2D eigenvalue weighted by atomic mass is 9.72. The summed E-state index contributed by atoms with van der Waals surface area (Å²) in [5, 5.41) is 32.7. The van der Waals surface area contributed by atoms with Gasteiger partial charge in [-0.2, -0.15) is 0 Å². The van der Waals surface area contributed by atoms with Gasteiger partial charge in [0.15, 0.2) is 11.9 Å². The van der Waals surface area contributed by atoms with Crippen LogP contribution in [-0.2, 0) is 38.0 Å². The van der Waals surface area contributed by atoms with Crippen molar-refractivity contribution in [3.05, 3.63) is 12.2 Å². The zero-order valence-electron chi connectivity index (χ0n) is 35.4. The number of rotatable bonds is 13. The second-order valence-corrected chi connectivity index (χ2v) is 18.3. The lowest BCUT2D eigenvalue weighted by Crippen LogP contribution is -2.63. The van der Waals surface area contributed by atoms with Crippen LogP contribution >= 0.6 is 0 Å². The number of hydrogen-bond acceptors (Lipinski definition) is 11. The Labute approximate surface area is 333 Å². The van der Waals surface area contributed by atoms with Crippen molar-refractivity contribution in [1.29, 1.82) is 0 Å². The largest absolute Gasteiger partial charge is 0.481 e. The minimum absolute atomic E-state index is 0.0347. The molecular formula is C43H71NO12. The van der Waals surface area contributed by atoms with Crippen molar-refractivity contribution in [1.82, 2.24) is 0 Å². The van der Waals surface area contributed by atoms with Crippen molar-refractivity contribution in [2.75, 3.05) is 0 Å². The molecule has 4 fully saturated rings. The molecule has 5 rings (SSSR count). The van der Waals surface area contributed by atoms with Gasteiger partial charge in [0.2, 0.25) is 5.79 Å². The second kappa shape index (κ2) is 17.2. The smallest absolute Gasteiger partial charge is 0.405 e. The molecule has 1 unspecified atom stereocenters. The summed E-state index contributed by atoms with van der Waals surface area (Å²) >= 11 is 0. The fraction of sp³-hybridized carbons (Fsp3) is 0.884. The van der Waals surface area contributed by atoms with Crippen molar-refractivity contribution in [3.8, 4) is 0 Å². The van der Waals surface area contributed by atoms with E-state index in [0.717, 1.165) is 6.42 Å². The van der Waals surface area contributed by atoms with Gasteiger partial charge in [0.05, 0.1) is 53.7 Å². The normalized spacial score (nSPS) is 44.2. The van der Waals surface area contributed by atoms with E-state index in [0.29, 0.717) is 57.8 Å². The second-order valence-electron chi connectivity index (χ2n) is 18.3. The SMILES string of the molecule is CC[C@@H](C(=O)[C@@H](C)[C@@H](O)[C@H](C)[C@@H]1O[C@@H]([C@@H](CC)C(=O)O)CCC1C)[C@H]1O[C@]2(C=C[C@@H](OC(N)=O)[C@]3(CC[C@@](C)([C@H]4CC[C@](O)(CC)[C@H](C)O4)O3)O2)[C@H](C)C[C@@H]1C. The van der Waals surface area contributed by atoms with E-state index in [1.165, 1.54) is 0 Å². The van der Waals surface area contributed by atoms with E-state index in [-0.39, 0.29) is 29.6 Å². The molecular weight excluding hydrogens is 722 g/mol. The van der Waals surface area contributed by atoms with Gasteiger partial charge in [-0.25, -0.2) is 4.79 Å². The highest BCUT2D eigenvalue weighted by Crippen LogP contribution is 2.54. The molecule has 1 amide bonds. The van der Waals surface area contributed by atoms with Crippen LogP contribution in [0.25, 0.3) is 0 Å². The Balaban J connectivity index is 1.36. The summed E-state index contributed by atoms with van der Waals surface area (Å²) in [6.45, 7) is 19.4. The van der Waals surface area contributed by atoms with E-state index in [9.17, 15) is 29.7 Å². The summed E-state index contributed by atoms with van der Waals surface area (Å²) in [5.41, 5.74) is 3.81. The number of ether oxygens (including phenoxy) is 6. The minimum atomic E-state index is -1.46. The number of carboxylic acid groups (broad SMARTS) is 1. The number of Topliss-reactive ketones (excluding diaryl/α,β-unsaturated/α-hetero) is 1. The Bertz CT molecular complexity index is 1440. The number of aliphatic hydroxyl groups is 2. The number of carboxylic acids is 1. The maximum absolute atomic E-state index is 14.5. The third-order valence-corrected chi connectivity index (χ3v) is 14.7. The van der Waals surface area contributed by atoms with E-state index in [1.807, 2.05) is 48.5 Å². The van der Waals surface area contributed by atoms with Gasteiger partial charge in [0, 0.05) is 30.1 Å². The predicted molar refractivity (Wildman–Crippen MR) is 207 cm³/mol. The number of aliphatic carboxylic acids is 1. The molecule has 5 aliphatic heterocycles. The molecule has 5 heterocycles. The van der Waals surface area contributed by atoms with Gasteiger partial charge in [-0.3, -0.25) is 9.59 Å². The monoisotopic (exact) mass is 793 g/mol. The maximum atomic E-state index is 14.5. The summed E-state index contributed by atoms with van der Waals surface area (Å²) in [6, 6.07) is 0. The first kappa shape index (κ1) is 45.0. The van der Waals surface area contributed by atoms with Crippen LogP contribution in [0.2, 0.25) is 0 Å². The zero-order chi connectivity index (χ0) is 41.5. The number of primary amides is 1. The van der Waals surface area contributed by atoms with Crippen molar-refractivity contribution in [2.45, 2.75) is 199 Å². The van der Waals surface area contributed by atoms with Gasteiger partial charge in [0.1, 0.15) is 5.78 Å². The zero-order valence-corrected chi connectivity index (χ0v) is 35.4. The first-order valence-electron chi connectivity index (χ1n) is 21.4. The number of carbonyl (C=O) groups excluding carboxylic acids is 2. The van der Waals surface area contributed by atoms with Crippen molar-refractivity contribution >= 4 is 17.8 Å². The average Bonchev–Trinajstić information content (AvgIpc) is 3.49. The number of ketones is 1. The average molecular weight is 794 g/mol. The third-order valence-electron chi connectivity index (χ3n) is 14.7. The molecule has 5 aliphatic rings. The Morgan fingerprint density at radius 3 is 2.18 bits per heavy atom. The maximum Gasteiger partial charge on any atom is 0.405 e. The van der Waals surface area contributed by atoms with E-state index >= 15 is 0 Å². The molecule has 13 heteroatoms. The van der Waals surface area contributed by atoms with Crippen LogP contribution in [0.4, 0.5) is 4.79 Å². The van der Waals surface area contributed by atoms with Gasteiger partial charge in [-0.15, -0.1) is 0 Å². The topological polar surface area (TPSA) is 193 Å². The van der Waals surface area contributed by atoms with E-state index < -0.39 is 95.1 Å². The fourth-order valence-corrected chi connectivity index (χ4v) is 10.7. The van der Waals surface area contributed by atoms with Crippen molar-refractivity contribution in [3.63, 3.8) is 0 Å². The van der Waals surface area contributed by atoms with Crippen molar-refractivity contribution < 1.29 is 58.1 Å². The Kier molecular flexibility index (Phi) is 13.8. The molecule has 0 aromatic heterocycles. The molecule has 13 nitrogen and oxygen atoms in total. The molecule has 320 valence electrons.